The van der Waals surface area contributed by atoms with Crippen LogP contribution in [-0.4, -0.2) is 0 Å². The van der Waals surface area contributed by atoms with Crippen LogP contribution in [0.2, 0.25) is 0 Å². The van der Waals surface area contributed by atoms with E-state index >= 15 is 0 Å². The monoisotopic (exact) mass is 530 g/mol. The highest BCUT2D eigenvalue weighted by molar-refractivity contribution is 6.39. The van der Waals surface area contributed by atoms with E-state index in [-0.39, 0.29) is 11.4 Å². The Morgan fingerprint density at radius 1 is 0.548 bits per heavy atom. The molecule has 2 aliphatic rings. The maximum Gasteiger partial charge on any atom is 0.270 e. The number of hydrogen-bond acceptors (Lipinski definition) is 3. The minimum atomic E-state index is -0.0927. The Labute approximate surface area is 242 Å². The quantitative estimate of drug-likeness (QED) is 0.192. The molecule has 0 N–H and O–H groups in total. The lowest BCUT2D eigenvalue weighted by Gasteiger charge is -2.18. The molecule has 6 rings (SSSR count). The number of hydrogen-bond donors (Lipinski definition) is 0. The fraction of sp³-hybridized carbons (Fsp3) is 0. The van der Waals surface area contributed by atoms with Gasteiger partial charge in [0.2, 0.25) is 0 Å². The molecule has 6 nitrogen and oxygen atoms in total. The maximum absolute atomic E-state index is 10.1. The minimum absolute atomic E-state index is 0.0927. The van der Waals surface area contributed by atoms with Gasteiger partial charge in [0.25, 0.3) is 11.4 Å². The topological polar surface area (TPSA) is 84.5 Å². The molecular formula is C36H14N6. The lowest BCUT2D eigenvalue weighted by Crippen LogP contribution is -1.98. The van der Waals surface area contributed by atoms with E-state index in [0.717, 1.165) is 33.4 Å². The molecule has 0 bridgehead atoms. The second kappa shape index (κ2) is 9.97. The van der Waals surface area contributed by atoms with E-state index in [4.69, 9.17) is 19.7 Å². The van der Waals surface area contributed by atoms with E-state index < -0.39 is 0 Å². The molecule has 42 heavy (non-hydrogen) atoms. The van der Waals surface area contributed by atoms with Crippen molar-refractivity contribution in [3.8, 4) is 40.5 Å². The largest absolute Gasteiger partial charge is 0.270 e. The summed E-state index contributed by atoms with van der Waals surface area (Å²) in [7, 11) is 0. The molecule has 0 unspecified atom stereocenters. The van der Waals surface area contributed by atoms with Crippen molar-refractivity contribution in [2.24, 2.45) is 0 Å². The molecule has 0 saturated heterocycles. The van der Waals surface area contributed by atoms with Crippen molar-refractivity contribution in [1.29, 1.82) is 15.8 Å². The van der Waals surface area contributed by atoms with Crippen molar-refractivity contribution in [3.63, 3.8) is 0 Å². The molecule has 0 saturated carbocycles. The molecule has 2 aliphatic carbocycles. The molecule has 0 amide bonds. The van der Waals surface area contributed by atoms with Crippen LogP contribution in [0.15, 0.2) is 96.3 Å². The van der Waals surface area contributed by atoms with Gasteiger partial charge < -0.3 is 0 Å². The van der Waals surface area contributed by atoms with Crippen LogP contribution in [0, 0.1) is 53.7 Å². The summed E-state index contributed by atoms with van der Waals surface area (Å²) in [6.45, 7) is 23.1. The maximum atomic E-state index is 10.1. The molecule has 0 fully saturated rings. The Bertz CT molecular complexity index is 2030. The molecule has 0 heterocycles. The Balaban J connectivity index is 1.79. The Morgan fingerprint density at radius 3 is 1.36 bits per heavy atom. The zero-order valence-electron chi connectivity index (χ0n) is 21.8. The van der Waals surface area contributed by atoms with E-state index in [1.165, 1.54) is 0 Å². The van der Waals surface area contributed by atoms with Crippen LogP contribution in [0.4, 0.5) is 5.69 Å². The second-order valence-corrected chi connectivity index (χ2v) is 9.45. The third-order valence-corrected chi connectivity index (χ3v) is 7.46. The molecule has 4 aromatic carbocycles. The van der Waals surface area contributed by atoms with Gasteiger partial charge in [0.1, 0.15) is 0 Å². The summed E-state index contributed by atoms with van der Waals surface area (Å²) in [5.41, 5.74) is 8.97. The predicted molar refractivity (Wildman–Crippen MR) is 160 cm³/mol. The first-order valence-corrected chi connectivity index (χ1v) is 12.6. The average molecular weight is 531 g/mol. The first kappa shape index (κ1) is 25.3. The Kier molecular flexibility index (Phi) is 6.01. The van der Waals surface area contributed by atoms with Crippen LogP contribution in [-0.2, 0) is 0 Å². The minimum Gasteiger partial charge on any atom is -0.238 e. The van der Waals surface area contributed by atoms with Crippen molar-refractivity contribution in [1.82, 2.24) is 0 Å². The molecule has 0 radical (unpaired) electrons. The van der Waals surface area contributed by atoms with Gasteiger partial charge >= 0.3 is 0 Å². The van der Waals surface area contributed by atoms with E-state index in [1.54, 1.807) is 24.3 Å². The molecule has 188 valence electrons. The van der Waals surface area contributed by atoms with Gasteiger partial charge in [-0.1, -0.05) is 72.8 Å². The summed E-state index contributed by atoms with van der Waals surface area (Å²) < 4.78 is 0. The first-order valence-electron chi connectivity index (χ1n) is 12.6. The molecule has 0 aromatic heterocycles. The highest BCUT2D eigenvalue weighted by Gasteiger charge is 2.41. The zero-order chi connectivity index (χ0) is 29.4. The average Bonchev–Trinajstić information content (AvgIpc) is 3.56. The van der Waals surface area contributed by atoms with Gasteiger partial charge in [0, 0.05) is 11.1 Å². The molecule has 0 aliphatic heterocycles. The third kappa shape index (κ3) is 3.60. The summed E-state index contributed by atoms with van der Waals surface area (Å²) in [5, 5.41) is 29.6. The number of nitrogens with zero attached hydrogens (tertiary/aromatic N) is 6. The van der Waals surface area contributed by atoms with Gasteiger partial charge in [-0.25, -0.2) is 25.1 Å². The SMILES string of the molecule is [C-]#[N+]/C(C#N)=C1C2=C(/C(=C(\C#N)[N+]#[C-])c3cccc(-c4ccc(C#N)cc4)c32)c2c\1cccc2-c1ccc([N+]#[C-])cc1. The van der Waals surface area contributed by atoms with Crippen LogP contribution < -0.4 is 0 Å². The molecular weight excluding hydrogens is 516 g/mol. The highest BCUT2D eigenvalue weighted by Crippen LogP contribution is 2.62. The number of rotatable bonds is 2. The number of benzene rings is 4. The predicted octanol–water partition coefficient (Wildman–Crippen LogP) is 8.69. The van der Waals surface area contributed by atoms with Crippen molar-refractivity contribution in [2.75, 3.05) is 0 Å². The third-order valence-electron chi connectivity index (χ3n) is 7.46. The van der Waals surface area contributed by atoms with Gasteiger partial charge in [-0.15, -0.1) is 0 Å². The van der Waals surface area contributed by atoms with Crippen molar-refractivity contribution < 1.29 is 0 Å². The van der Waals surface area contributed by atoms with Gasteiger partial charge in [-0.2, -0.15) is 5.26 Å². The zero-order valence-corrected chi connectivity index (χ0v) is 21.8. The van der Waals surface area contributed by atoms with Crippen LogP contribution >= 0.6 is 0 Å². The van der Waals surface area contributed by atoms with Crippen molar-refractivity contribution in [2.45, 2.75) is 0 Å². The van der Waals surface area contributed by atoms with E-state index in [9.17, 15) is 15.8 Å². The van der Waals surface area contributed by atoms with E-state index in [0.29, 0.717) is 44.7 Å². The number of nitriles is 3. The summed E-state index contributed by atoms with van der Waals surface area (Å²) in [6.07, 6.45) is 0. The fourth-order valence-corrected chi connectivity index (χ4v) is 5.77. The summed E-state index contributed by atoms with van der Waals surface area (Å²) in [5.74, 6) is 0. The number of fused-ring (bicyclic) bond motifs is 4. The lowest BCUT2D eigenvalue weighted by molar-refractivity contribution is 1.47. The smallest absolute Gasteiger partial charge is 0.238 e. The van der Waals surface area contributed by atoms with Crippen LogP contribution in [0.5, 0.6) is 0 Å². The summed E-state index contributed by atoms with van der Waals surface area (Å²) in [4.78, 5) is 10.7. The van der Waals surface area contributed by atoms with Crippen LogP contribution in [0.25, 0.3) is 59.1 Å². The second-order valence-electron chi connectivity index (χ2n) is 9.45. The van der Waals surface area contributed by atoms with Gasteiger partial charge in [0.15, 0.2) is 5.69 Å². The van der Waals surface area contributed by atoms with Crippen LogP contribution in [0.1, 0.15) is 27.8 Å². The van der Waals surface area contributed by atoms with Gasteiger partial charge in [0.05, 0.1) is 43.5 Å². The summed E-state index contributed by atoms with van der Waals surface area (Å²) in [6, 6.07) is 31.8. The first-order chi connectivity index (χ1) is 20.6. The highest BCUT2D eigenvalue weighted by atomic mass is 14.7. The van der Waals surface area contributed by atoms with E-state index in [1.807, 2.05) is 60.7 Å². The molecule has 0 spiro atoms. The van der Waals surface area contributed by atoms with Gasteiger partial charge in [-0.05, 0) is 67.8 Å². The Hall–Kier alpha value is -6.96. The molecule has 6 heteroatoms. The van der Waals surface area contributed by atoms with Gasteiger partial charge in [-0.3, -0.25) is 0 Å². The Morgan fingerprint density at radius 2 is 0.976 bits per heavy atom. The number of allylic oxidation sites excluding steroid dienone is 6. The standard InChI is InChI=1S/C36H14N6/c1-40-24-16-14-23(15-17-24)26-7-5-9-28-32(26)36-33(29(19-38)41-2)27-8-4-6-25(22-12-10-21(18-37)11-13-22)31(27)35(36)34(28)30(20-39)42-3/h4-17H/b33-29+,34-30-. The normalized spacial score (nSPS) is 14.5. The lowest BCUT2D eigenvalue weighted by atomic mass is 9.85. The molecule has 4 aromatic rings. The molecule has 0 atom stereocenters. The fourth-order valence-electron chi connectivity index (χ4n) is 5.77. The van der Waals surface area contributed by atoms with Crippen molar-refractivity contribution >= 4 is 28.0 Å². The van der Waals surface area contributed by atoms with Crippen LogP contribution in [0.3, 0.4) is 0 Å². The summed E-state index contributed by atoms with van der Waals surface area (Å²) >= 11 is 0. The van der Waals surface area contributed by atoms with E-state index in [2.05, 4.69) is 32.7 Å². The van der Waals surface area contributed by atoms with Crippen molar-refractivity contribution in [3.05, 3.63) is 158 Å².